The molecule has 2 rings (SSSR count). The summed E-state index contributed by atoms with van der Waals surface area (Å²) < 4.78 is 54.3. The number of rotatable bonds is 53. The summed E-state index contributed by atoms with van der Waals surface area (Å²) in [7, 11) is 0. The van der Waals surface area contributed by atoms with Gasteiger partial charge in [-0.3, -0.25) is 48.6 Å². The highest BCUT2D eigenvalue weighted by molar-refractivity contribution is 6.12. The second kappa shape index (κ2) is 47.7. The number of nitrogens with two attached hydrogens (primary N) is 1. The van der Waals surface area contributed by atoms with Crippen LogP contribution in [0.25, 0.3) is 0 Å². The number of aromatic hydroxyl groups is 1. The normalized spacial score (nSPS) is 13.8. The number of phenols is 1. The predicted molar refractivity (Wildman–Crippen MR) is 311 cm³/mol. The summed E-state index contributed by atoms with van der Waals surface area (Å²) in [6, 6.07) is 1.30. The van der Waals surface area contributed by atoms with Crippen LogP contribution in [0.5, 0.6) is 5.75 Å². The summed E-state index contributed by atoms with van der Waals surface area (Å²) in [5.41, 5.74) is 6.94. The number of carboxylic acid groups (broad SMARTS) is 1. The van der Waals surface area contributed by atoms with Crippen molar-refractivity contribution in [2.45, 2.75) is 110 Å². The number of hydrogen-bond acceptors (Lipinski definition) is 21. The summed E-state index contributed by atoms with van der Waals surface area (Å²) in [4.78, 5) is 112. The third-order valence-corrected chi connectivity index (χ3v) is 12.5. The average molecular weight is 1230 g/mol. The first-order chi connectivity index (χ1) is 41.4. The van der Waals surface area contributed by atoms with Crippen LogP contribution in [-0.4, -0.2) is 238 Å². The van der Waals surface area contributed by atoms with Crippen molar-refractivity contribution in [3.8, 4) is 5.75 Å². The van der Waals surface area contributed by atoms with E-state index in [-0.39, 0.29) is 102 Å². The molecule has 0 aromatic heterocycles. The summed E-state index contributed by atoms with van der Waals surface area (Å²) in [5, 5.41) is 35.0. The second-order valence-corrected chi connectivity index (χ2v) is 19.8. The molecule has 488 valence electrons. The van der Waals surface area contributed by atoms with Crippen LogP contribution >= 0.6 is 0 Å². The van der Waals surface area contributed by atoms with Crippen molar-refractivity contribution < 1.29 is 101 Å². The quantitative estimate of drug-likeness (QED) is 0.0243. The molecule has 1 aromatic carbocycles. The van der Waals surface area contributed by atoms with Crippen molar-refractivity contribution in [1.29, 1.82) is 0 Å². The van der Waals surface area contributed by atoms with Crippen LogP contribution < -0.4 is 37.6 Å². The zero-order valence-corrected chi connectivity index (χ0v) is 50.4. The molecule has 0 unspecified atom stereocenters. The minimum Gasteiger partial charge on any atom is -0.506 e. The van der Waals surface area contributed by atoms with Crippen molar-refractivity contribution in [2.75, 3.05) is 150 Å². The maximum atomic E-state index is 13.3. The molecule has 29 nitrogen and oxygen atoms in total. The minimum atomic E-state index is -1.04. The van der Waals surface area contributed by atoms with E-state index in [1.54, 1.807) is 19.1 Å². The molecule has 1 aliphatic rings. The molecule has 5 atom stereocenters. The fourth-order valence-corrected chi connectivity index (χ4v) is 7.68. The Morgan fingerprint density at radius 1 is 0.581 bits per heavy atom. The number of carbonyl (C=O) groups is 9. The van der Waals surface area contributed by atoms with Crippen LogP contribution in [0.15, 0.2) is 30.4 Å². The number of aliphatic carboxylic acids is 1. The largest absolute Gasteiger partial charge is 0.506 e. The lowest BCUT2D eigenvalue weighted by atomic mass is 9.96. The predicted octanol–water partition coefficient (Wildman–Crippen LogP) is 0.473. The van der Waals surface area contributed by atoms with Crippen LogP contribution in [0, 0.1) is 5.92 Å². The van der Waals surface area contributed by atoms with Gasteiger partial charge in [0.05, 0.1) is 124 Å². The van der Waals surface area contributed by atoms with Gasteiger partial charge >= 0.3 is 12.1 Å². The molecule has 0 aliphatic carbocycles. The van der Waals surface area contributed by atoms with Gasteiger partial charge in [0.1, 0.15) is 37.1 Å². The second-order valence-electron chi connectivity index (χ2n) is 19.8. The fourth-order valence-electron chi connectivity index (χ4n) is 7.68. The van der Waals surface area contributed by atoms with Gasteiger partial charge in [-0.2, -0.15) is 0 Å². The van der Waals surface area contributed by atoms with Crippen LogP contribution in [0.3, 0.4) is 0 Å². The van der Waals surface area contributed by atoms with Crippen LogP contribution in [0.1, 0.15) is 84.6 Å². The first kappa shape index (κ1) is 75.7. The Morgan fingerprint density at radius 2 is 1.07 bits per heavy atom. The summed E-state index contributed by atoms with van der Waals surface area (Å²) in [6.07, 6.45) is 4.99. The van der Waals surface area contributed by atoms with E-state index in [1.807, 2.05) is 6.92 Å². The van der Waals surface area contributed by atoms with Gasteiger partial charge < -0.3 is 89.9 Å². The van der Waals surface area contributed by atoms with Gasteiger partial charge in [-0.15, -0.1) is 0 Å². The van der Waals surface area contributed by atoms with Crippen molar-refractivity contribution in [3.63, 3.8) is 0 Å². The molecule has 29 heteroatoms. The highest BCUT2D eigenvalue weighted by Crippen LogP contribution is 2.25. The van der Waals surface area contributed by atoms with Crippen LogP contribution in [0.2, 0.25) is 0 Å². The summed E-state index contributed by atoms with van der Waals surface area (Å²) in [6.45, 7) is 12.8. The molecule has 86 heavy (non-hydrogen) atoms. The van der Waals surface area contributed by atoms with Crippen molar-refractivity contribution in [1.82, 2.24) is 31.5 Å². The van der Waals surface area contributed by atoms with E-state index in [9.17, 15) is 48.3 Å². The SMILES string of the molecule is CCCCNC(=O)[C@H](C)NC(=O)[C@H](C)NC(=O)[C@H](CCCCNC(=O)COCCOCCOCCOCCOCCOCCOCCOCCOCCOC(=O)Nc1cc(C[C@H](N)C[C@H](C)C(=O)O)ccc1O)NC(=O)CCCN1C(=O)C=CC1=O. The third-order valence-electron chi connectivity index (χ3n) is 12.5. The number of imide groups is 1. The van der Waals surface area contributed by atoms with Gasteiger partial charge in [-0.05, 0) is 76.5 Å². The van der Waals surface area contributed by atoms with Gasteiger partial charge in [-0.25, -0.2) is 4.79 Å². The molecule has 0 spiro atoms. The molecule has 8 amide bonds. The number of phenolic OH excluding ortho intramolecular Hbond substituents is 1. The van der Waals surface area contributed by atoms with E-state index in [0.29, 0.717) is 112 Å². The zero-order valence-electron chi connectivity index (χ0n) is 50.4. The monoisotopic (exact) mass is 1230 g/mol. The van der Waals surface area contributed by atoms with Gasteiger partial charge in [0.2, 0.25) is 29.5 Å². The minimum absolute atomic E-state index is 0.0230. The molecule has 1 heterocycles. The zero-order chi connectivity index (χ0) is 63.2. The van der Waals surface area contributed by atoms with Gasteiger partial charge in [0, 0.05) is 44.2 Å². The standard InChI is InChI=1S/C57H94N8O21/c1-5-6-16-60-53(71)42(3)61-54(72)43(4)62-55(73)46(63-49(67)11-9-18-65-51(69)14-15-52(65)70)10-7-8-17-59-50(68)40-85-34-33-83-30-29-81-26-25-79-22-21-77-19-20-78-23-24-80-27-28-82-31-32-84-35-36-86-57(76)64-47-39-44(12-13-48(47)66)38-45(58)37-41(2)56(74)75/h12-15,39,41-43,45-46,66H,5-11,16-38,40,58H2,1-4H3,(H,59,68)(H,60,71)(H,61,72)(H,62,73)(H,63,67)(H,64,76)(H,74,75)/t41-,42-,43-,45+,46-/m0/s1. The number of amides is 8. The molecule has 0 radical (unpaired) electrons. The molecule has 1 aromatic rings. The van der Waals surface area contributed by atoms with Crippen molar-refractivity contribution in [2.24, 2.45) is 11.7 Å². The summed E-state index contributed by atoms with van der Waals surface area (Å²) >= 11 is 0. The number of carboxylic acids is 1. The number of nitrogens with one attached hydrogen (secondary N) is 6. The van der Waals surface area contributed by atoms with E-state index >= 15 is 0 Å². The van der Waals surface area contributed by atoms with E-state index < -0.39 is 71.7 Å². The Hall–Kier alpha value is -6.41. The molecule has 0 fully saturated rings. The van der Waals surface area contributed by atoms with Crippen LogP contribution in [-0.2, 0) is 92.1 Å². The molecular formula is C57H94N8O21. The average Bonchev–Trinajstić information content (AvgIpc) is 3.39. The van der Waals surface area contributed by atoms with E-state index in [0.717, 1.165) is 35.5 Å². The maximum Gasteiger partial charge on any atom is 0.411 e. The third kappa shape index (κ3) is 37.2. The highest BCUT2D eigenvalue weighted by Gasteiger charge is 2.27. The van der Waals surface area contributed by atoms with Crippen molar-refractivity contribution >= 4 is 59.1 Å². The van der Waals surface area contributed by atoms with Gasteiger partial charge in [-0.1, -0.05) is 26.3 Å². The first-order valence-electron chi connectivity index (χ1n) is 29.3. The van der Waals surface area contributed by atoms with Crippen LogP contribution in [0.4, 0.5) is 10.5 Å². The lowest BCUT2D eigenvalue weighted by Crippen LogP contribution is -2.55. The number of carbonyl (C=O) groups excluding carboxylic acids is 8. The number of nitrogens with zero attached hydrogens (tertiary/aromatic N) is 1. The fraction of sp³-hybridized carbons (Fsp3) is 0.702. The molecule has 0 saturated heterocycles. The Bertz CT molecular complexity index is 2180. The van der Waals surface area contributed by atoms with E-state index in [1.165, 1.54) is 19.9 Å². The molecule has 0 saturated carbocycles. The molecular weight excluding hydrogens is 1130 g/mol. The first-order valence-corrected chi connectivity index (χ1v) is 29.3. The summed E-state index contributed by atoms with van der Waals surface area (Å²) in [5.74, 6) is -5.01. The smallest absolute Gasteiger partial charge is 0.411 e. The number of ether oxygens (including phenoxy) is 10. The Balaban J connectivity index is 1.40. The lowest BCUT2D eigenvalue weighted by molar-refractivity contribution is -0.141. The number of hydrogen-bond donors (Lipinski definition) is 9. The number of unbranched alkanes of at least 4 members (excludes halogenated alkanes) is 2. The molecule has 10 N–H and O–H groups in total. The Morgan fingerprint density at radius 3 is 1.59 bits per heavy atom. The lowest BCUT2D eigenvalue weighted by Gasteiger charge is -2.22. The number of benzene rings is 1. The van der Waals surface area contributed by atoms with Gasteiger partial charge in [0.25, 0.3) is 11.8 Å². The van der Waals surface area contributed by atoms with E-state index in [4.69, 9.17) is 58.2 Å². The maximum absolute atomic E-state index is 13.3. The molecule has 1 aliphatic heterocycles. The van der Waals surface area contributed by atoms with Crippen molar-refractivity contribution in [3.05, 3.63) is 35.9 Å². The Labute approximate surface area is 503 Å². The number of anilines is 1. The van der Waals surface area contributed by atoms with E-state index in [2.05, 4.69) is 31.9 Å². The van der Waals surface area contributed by atoms with Gasteiger partial charge in [0.15, 0.2) is 0 Å². The topological polar surface area (TPSA) is 388 Å². The Kier molecular flexibility index (Phi) is 42.0. The molecule has 0 bridgehead atoms. The highest BCUT2D eigenvalue weighted by atomic mass is 16.6.